The normalized spacial score (nSPS) is 14.0. The quantitative estimate of drug-likeness (QED) is 0.0920. The number of nitrogens with zero attached hydrogens (tertiary/aromatic N) is 2. The van der Waals surface area contributed by atoms with Gasteiger partial charge in [0.1, 0.15) is 0 Å². The molecule has 0 bridgehead atoms. The first-order valence-electron chi connectivity index (χ1n) is 18.8. The molecule has 4 rings (SSSR count). The molecule has 3 aromatic carbocycles. The van der Waals surface area contributed by atoms with E-state index in [1.165, 1.54) is 87.3 Å². The van der Waals surface area contributed by atoms with E-state index in [0.717, 1.165) is 45.6 Å². The van der Waals surface area contributed by atoms with Crippen LogP contribution in [-0.4, -0.2) is 53.6 Å². The zero-order chi connectivity index (χ0) is 33.9. The predicted octanol–water partition coefficient (Wildman–Crippen LogP) is 11.2. The van der Waals surface area contributed by atoms with Crippen molar-refractivity contribution in [2.75, 3.05) is 32.7 Å². The summed E-state index contributed by atoms with van der Waals surface area (Å²) in [7, 11) is 0. The van der Waals surface area contributed by atoms with Gasteiger partial charge in [0, 0.05) is 39.1 Å². The summed E-state index contributed by atoms with van der Waals surface area (Å²) in [5, 5.41) is 8.51. The van der Waals surface area contributed by atoms with Gasteiger partial charge in [0.05, 0.1) is 6.04 Å². The number of hydrogen-bond acceptors (Lipinski definition) is 3. The Kier molecular flexibility index (Phi) is 20.7. The number of rotatable bonds is 21. The molecule has 0 aliphatic carbocycles. The molecular weight excluding hydrogens is 588 g/mol. The van der Waals surface area contributed by atoms with Crippen molar-refractivity contribution in [1.82, 2.24) is 9.80 Å². The average molecular weight is 651 g/mol. The summed E-state index contributed by atoms with van der Waals surface area (Å²) in [6.45, 7) is 7.67. The number of carboxylic acids is 1. The van der Waals surface area contributed by atoms with Crippen LogP contribution in [0.15, 0.2) is 109 Å². The maximum atomic E-state index is 10.3. The van der Waals surface area contributed by atoms with Crippen molar-refractivity contribution in [2.24, 2.45) is 0 Å². The summed E-state index contributed by atoms with van der Waals surface area (Å²) in [6, 6.07) is 32.7. The molecular formula is C44H62N2O2. The standard InChI is InChI=1S/C26H28N2.C18H34O2/c1-4-11-23(12-5-1)13-10-18-27-19-21-28(22-20-27)26(24-14-6-2-7-15-24)25-16-8-3-9-17-25;1-2-3-4-5-6-7-8-9-10-11-12-13-14-15-16-17-18(19)20/h1-17,26H,18-22H2;9-10H,2-8,11-17H2,1H3,(H,19,20)/b13-10+;10-9-. The van der Waals surface area contributed by atoms with E-state index < -0.39 is 5.97 Å². The maximum Gasteiger partial charge on any atom is 0.303 e. The van der Waals surface area contributed by atoms with E-state index in [-0.39, 0.29) is 0 Å². The average Bonchev–Trinajstić information content (AvgIpc) is 3.12. The number of hydrogen-bond donors (Lipinski definition) is 1. The highest BCUT2D eigenvalue weighted by Gasteiger charge is 2.25. The second-order valence-corrected chi connectivity index (χ2v) is 13.1. The molecule has 0 saturated carbocycles. The van der Waals surface area contributed by atoms with Crippen LogP contribution in [0.1, 0.15) is 120 Å². The maximum absolute atomic E-state index is 10.3. The molecule has 0 radical (unpaired) electrons. The van der Waals surface area contributed by atoms with Gasteiger partial charge in [0.15, 0.2) is 0 Å². The fourth-order valence-electron chi connectivity index (χ4n) is 6.34. The molecule has 0 aromatic heterocycles. The minimum Gasteiger partial charge on any atom is -0.481 e. The third-order valence-electron chi connectivity index (χ3n) is 9.13. The van der Waals surface area contributed by atoms with Crippen molar-refractivity contribution in [3.05, 3.63) is 126 Å². The van der Waals surface area contributed by atoms with Gasteiger partial charge in [0.2, 0.25) is 0 Å². The minimum atomic E-state index is -0.664. The van der Waals surface area contributed by atoms with Gasteiger partial charge < -0.3 is 5.11 Å². The Morgan fingerprint density at radius 2 is 1.10 bits per heavy atom. The van der Waals surface area contributed by atoms with Crippen LogP contribution in [0.2, 0.25) is 0 Å². The van der Waals surface area contributed by atoms with Gasteiger partial charge in [-0.05, 0) is 48.8 Å². The predicted molar refractivity (Wildman–Crippen MR) is 205 cm³/mol. The van der Waals surface area contributed by atoms with Crippen LogP contribution in [0, 0.1) is 0 Å². The Hall–Kier alpha value is -3.47. The third-order valence-corrected chi connectivity index (χ3v) is 9.13. The lowest BCUT2D eigenvalue weighted by atomic mass is 9.96. The second-order valence-electron chi connectivity index (χ2n) is 13.1. The Labute approximate surface area is 292 Å². The molecule has 48 heavy (non-hydrogen) atoms. The molecule has 1 aliphatic rings. The van der Waals surface area contributed by atoms with Gasteiger partial charge in [-0.15, -0.1) is 0 Å². The Morgan fingerprint density at radius 3 is 1.62 bits per heavy atom. The number of unbranched alkanes of at least 4 members (excludes halogenated alkanes) is 11. The van der Waals surface area contributed by atoms with Crippen LogP contribution in [0.25, 0.3) is 6.08 Å². The molecule has 1 saturated heterocycles. The monoisotopic (exact) mass is 650 g/mol. The summed E-state index contributed by atoms with van der Waals surface area (Å²) in [4.78, 5) is 15.5. The summed E-state index contributed by atoms with van der Waals surface area (Å²) < 4.78 is 0. The first-order chi connectivity index (χ1) is 23.7. The first-order valence-corrected chi connectivity index (χ1v) is 18.8. The number of benzene rings is 3. The van der Waals surface area contributed by atoms with Crippen LogP contribution >= 0.6 is 0 Å². The van der Waals surface area contributed by atoms with Crippen molar-refractivity contribution in [3.63, 3.8) is 0 Å². The van der Waals surface area contributed by atoms with E-state index in [9.17, 15) is 4.79 Å². The summed E-state index contributed by atoms with van der Waals surface area (Å²) in [5.41, 5.74) is 4.03. The smallest absolute Gasteiger partial charge is 0.303 e. The Bertz CT molecular complexity index is 1210. The van der Waals surface area contributed by atoms with Crippen LogP contribution < -0.4 is 0 Å². The number of carbonyl (C=O) groups is 1. The Morgan fingerprint density at radius 1 is 0.625 bits per heavy atom. The molecule has 1 aliphatic heterocycles. The highest BCUT2D eigenvalue weighted by molar-refractivity contribution is 5.66. The van der Waals surface area contributed by atoms with Gasteiger partial charge in [-0.2, -0.15) is 0 Å². The van der Waals surface area contributed by atoms with Crippen molar-refractivity contribution >= 4 is 12.0 Å². The lowest BCUT2D eigenvalue weighted by Gasteiger charge is -2.39. The Balaban J connectivity index is 0.000000279. The topological polar surface area (TPSA) is 43.8 Å². The van der Waals surface area contributed by atoms with Gasteiger partial charge in [0.25, 0.3) is 0 Å². The fraction of sp³-hybridized carbons (Fsp3) is 0.477. The van der Waals surface area contributed by atoms with Gasteiger partial charge in [-0.3, -0.25) is 14.6 Å². The van der Waals surface area contributed by atoms with E-state index in [2.05, 4.69) is 132 Å². The molecule has 0 amide bonds. The lowest BCUT2D eigenvalue weighted by molar-refractivity contribution is -0.137. The van der Waals surface area contributed by atoms with E-state index in [1.807, 2.05) is 0 Å². The van der Waals surface area contributed by atoms with Crippen LogP contribution in [-0.2, 0) is 4.79 Å². The molecule has 0 spiro atoms. The van der Waals surface area contributed by atoms with Gasteiger partial charge in [-0.1, -0.05) is 174 Å². The summed E-state index contributed by atoms with van der Waals surface area (Å²) in [6.07, 6.45) is 25.8. The fourth-order valence-corrected chi connectivity index (χ4v) is 6.34. The van der Waals surface area contributed by atoms with E-state index in [0.29, 0.717) is 12.5 Å². The van der Waals surface area contributed by atoms with Crippen LogP contribution in [0.5, 0.6) is 0 Å². The SMILES string of the molecule is C(=C\c1ccccc1)/CN1CCN(C(c2ccccc2)c2ccccc2)CC1.CCCCCCCC/C=C\CCCCCCCC(=O)O. The molecule has 260 valence electrons. The van der Waals surface area contributed by atoms with Gasteiger partial charge >= 0.3 is 5.97 Å². The van der Waals surface area contributed by atoms with E-state index >= 15 is 0 Å². The van der Waals surface area contributed by atoms with Crippen molar-refractivity contribution in [2.45, 2.75) is 103 Å². The number of allylic oxidation sites excluding steroid dienone is 2. The molecule has 1 heterocycles. The zero-order valence-electron chi connectivity index (χ0n) is 29.7. The molecule has 4 nitrogen and oxygen atoms in total. The highest BCUT2D eigenvalue weighted by atomic mass is 16.4. The molecule has 3 aromatic rings. The lowest BCUT2D eigenvalue weighted by Crippen LogP contribution is -2.47. The van der Waals surface area contributed by atoms with Gasteiger partial charge in [-0.25, -0.2) is 0 Å². The second kappa shape index (κ2) is 25.5. The van der Waals surface area contributed by atoms with E-state index in [4.69, 9.17) is 5.11 Å². The molecule has 4 heteroatoms. The summed E-state index contributed by atoms with van der Waals surface area (Å²) >= 11 is 0. The molecule has 0 atom stereocenters. The molecule has 1 N–H and O–H groups in total. The highest BCUT2D eigenvalue weighted by Crippen LogP contribution is 2.29. The summed E-state index contributed by atoms with van der Waals surface area (Å²) in [5.74, 6) is -0.664. The van der Waals surface area contributed by atoms with Crippen molar-refractivity contribution in [1.29, 1.82) is 0 Å². The van der Waals surface area contributed by atoms with Crippen LogP contribution in [0.4, 0.5) is 0 Å². The number of carboxylic acid groups (broad SMARTS) is 1. The largest absolute Gasteiger partial charge is 0.481 e. The number of piperazine rings is 1. The zero-order valence-corrected chi connectivity index (χ0v) is 29.7. The first kappa shape index (κ1) is 39.0. The minimum absolute atomic E-state index is 0.332. The van der Waals surface area contributed by atoms with Crippen molar-refractivity contribution < 1.29 is 9.90 Å². The van der Waals surface area contributed by atoms with Crippen molar-refractivity contribution in [3.8, 4) is 0 Å². The molecule has 1 fully saturated rings. The van der Waals surface area contributed by atoms with Crippen LogP contribution in [0.3, 0.4) is 0 Å². The number of aliphatic carboxylic acids is 1. The van der Waals surface area contributed by atoms with E-state index in [1.54, 1.807) is 0 Å². The third kappa shape index (κ3) is 17.1. The molecule has 0 unspecified atom stereocenters.